The summed E-state index contributed by atoms with van der Waals surface area (Å²) in [7, 11) is 0. The summed E-state index contributed by atoms with van der Waals surface area (Å²) in [6, 6.07) is 30.6. The van der Waals surface area contributed by atoms with E-state index in [-0.39, 0.29) is 24.3 Å². The summed E-state index contributed by atoms with van der Waals surface area (Å²) in [5.41, 5.74) is 5.04. The Bertz CT molecular complexity index is 2270. The second-order valence-corrected chi connectivity index (χ2v) is 9.99. The quantitative estimate of drug-likeness (QED) is 0.0827. The Hall–Kier alpha value is -6.82. The molecule has 12 nitrogen and oxygen atoms in total. The summed E-state index contributed by atoms with van der Waals surface area (Å²) in [5.74, 6) is -0.436. The summed E-state index contributed by atoms with van der Waals surface area (Å²) in [4.78, 5) is 59.7. The smallest absolute Gasteiger partial charge is 0.273 e. The molecule has 7 rings (SSSR count). The molecule has 0 atom stereocenters. The van der Waals surface area contributed by atoms with E-state index >= 15 is 0 Å². The van der Waals surface area contributed by atoms with Gasteiger partial charge in [0.05, 0.1) is 18.2 Å². The van der Waals surface area contributed by atoms with Crippen LogP contribution in [0.3, 0.4) is 0 Å². The lowest BCUT2D eigenvalue weighted by Crippen LogP contribution is -2.27. The van der Waals surface area contributed by atoms with Crippen molar-refractivity contribution in [3.63, 3.8) is 0 Å². The minimum absolute atomic E-state index is 0.148. The highest BCUT2D eigenvalue weighted by Crippen LogP contribution is 2.20. The van der Waals surface area contributed by atoms with Gasteiger partial charge < -0.3 is 25.0 Å². The molecule has 3 aromatic carbocycles. The van der Waals surface area contributed by atoms with Gasteiger partial charge in [-0.2, -0.15) is 4.98 Å². The van der Waals surface area contributed by atoms with Gasteiger partial charge in [0.1, 0.15) is 24.0 Å². The van der Waals surface area contributed by atoms with Crippen molar-refractivity contribution < 1.29 is 29.1 Å². The number of carbonyl (C=O) groups is 4. The van der Waals surface area contributed by atoms with Crippen molar-refractivity contribution in [3.05, 3.63) is 138 Å². The van der Waals surface area contributed by atoms with E-state index in [2.05, 4.69) is 21.0 Å². The molecule has 4 aromatic heterocycles. The minimum Gasteiger partial charge on any atom is -0.369 e. The van der Waals surface area contributed by atoms with E-state index in [0.29, 0.717) is 24.0 Å². The van der Waals surface area contributed by atoms with Crippen LogP contribution in [0.15, 0.2) is 133 Å². The van der Waals surface area contributed by atoms with Gasteiger partial charge in [0.2, 0.25) is 24.2 Å². The SMILES string of the molecule is NC(=O)CC=O.O=CCC(=O)Nc1nccc2ccccc12.O=c1ccn2ccc3ccccc3c2n1.O[n+]1ccc2ccccc2c1. The molecule has 0 unspecified atom stereocenters. The lowest BCUT2D eigenvalue weighted by atomic mass is 10.1. The topological polar surface area (TPSA) is 178 Å². The highest BCUT2D eigenvalue weighted by molar-refractivity contribution is 6.03. The Morgan fingerprint density at radius 1 is 0.771 bits per heavy atom. The van der Waals surface area contributed by atoms with Crippen molar-refractivity contribution in [1.82, 2.24) is 14.4 Å². The summed E-state index contributed by atoms with van der Waals surface area (Å²) in [5, 5.41) is 17.8. The molecule has 240 valence electrons. The van der Waals surface area contributed by atoms with E-state index in [1.54, 1.807) is 24.8 Å². The first kappa shape index (κ1) is 34.1. The molecule has 4 N–H and O–H groups in total. The number of fused-ring (bicyclic) bond motifs is 5. The predicted octanol–water partition coefficient (Wildman–Crippen LogP) is 4.04. The van der Waals surface area contributed by atoms with Gasteiger partial charge in [0, 0.05) is 46.2 Å². The standard InChI is InChI=1S/C12H10N2O2.C12H8N2O.C9H8NO.C3H5NO2/c15-8-6-11(16)14-12-10-4-2-1-3-9(10)5-7-13-12;15-11-6-8-14-7-5-9-3-1-2-4-10(9)12(14)13-11;11-10-6-5-8-3-1-2-4-9(8)7-10;4-3(6)1-2-5/h1-5,7-8H,6H2,(H,13,14,16);1-8H;1-7,11H;2H,1H2,(H2,4,6)/q;;+1;. The Kier molecular flexibility index (Phi) is 12.1. The molecule has 0 spiro atoms. The Balaban J connectivity index is 0.000000152. The maximum Gasteiger partial charge on any atom is 0.273 e. The Morgan fingerprint density at radius 3 is 2.04 bits per heavy atom. The minimum atomic E-state index is -0.579. The van der Waals surface area contributed by atoms with Crippen LogP contribution < -0.4 is 21.3 Å². The average Bonchev–Trinajstić information content (AvgIpc) is 3.09. The number of rotatable bonds is 5. The number of hydrogen-bond donors (Lipinski definition) is 3. The Labute approximate surface area is 273 Å². The van der Waals surface area contributed by atoms with Crippen LogP contribution >= 0.6 is 0 Å². The molecule has 0 fully saturated rings. The number of aromatic nitrogens is 4. The van der Waals surface area contributed by atoms with Gasteiger partial charge >= 0.3 is 0 Å². The molecule has 0 saturated heterocycles. The number of nitrogens with two attached hydrogens (primary N) is 1. The highest BCUT2D eigenvalue weighted by atomic mass is 16.5. The van der Waals surface area contributed by atoms with E-state index in [1.165, 1.54) is 6.07 Å². The van der Waals surface area contributed by atoms with Crippen molar-refractivity contribution in [1.29, 1.82) is 0 Å². The number of nitrogens with zero attached hydrogens (tertiary/aromatic N) is 4. The first-order valence-corrected chi connectivity index (χ1v) is 14.5. The molecule has 0 bridgehead atoms. The zero-order chi connectivity index (χ0) is 34.3. The summed E-state index contributed by atoms with van der Waals surface area (Å²) >= 11 is 0. The third-order valence-corrected chi connectivity index (χ3v) is 6.61. The maximum atomic E-state index is 11.3. The number of hydrogen-bond acceptors (Lipinski definition) is 8. The molecule has 0 aliphatic heterocycles. The second-order valence-electron chi connectivity index (χ2n) is 9.99. The number of aldehydes is 2. The van der Waals surface area contributed by atoms with Crippen molar-refractivity contribution in [2.45, 2.75) is 12.8 Å². The van der Waals surface area contributed by atoms with Crippen LogP contribution in [0.2, 0.25) is 0 Å². The van der Waals surface area contributed by atoms with Crippen molar-refractivity contribution in [2.75, 3.05) is 5.32 Å². The van der Waals surface area contributed by atoms with Crippen molar-refractivity contribution in [3.8, 4) is 0 Å². The molecule has 0 radical (unpaired) electrons. The Morgan fingerprint density at radius 2 is 1.38 bits per heavy atom. The third-order valence-electron chi connectivity index (χ3n) is 6.61. The number of nitrogens with one attached hydrogen (secondary N) is 1. The number of carbonyl (C=O) groups excluding carboxylic acids is 4. The van der Waals surface area contributed by atoms with Crippen molar-refractivity contribution >= 4 is 68.2 Å². The summed E-state index contributed by atoms with van der Waals surface area (Å²) in [6.45, 7) is 0. The van der Waals surface area contributed by atoms with E-state index in [9.17, 15) is 24.0 Å². The molecule has 0 saturated carbocycles. The number of amides is 2. The monoisotopic (exact) mass is 643 g/mol. The molecule has 0 aliphatic carbocycles. The fourth-order valence-corrected chi connectivity index (χ4v) is 4.42. The van der Waals surface area contributed by atoms with E-state index < -0.39 is 5.91 Å². The van der Waals surface area contributed by atoms with Gasteiger partial charge in [-0.15, -0.1) is 0 Å². The van der Waals surface area contributed by atoms with Crippen LogP contribution in [-0.4, -0.2) is 44.0 Å². The van der Waals surface area contributed by atoms with Gasteiger partial charge in [0.15, 0.2) is 0 Å². The lowest BCUT2D eigenvalue weighted by Gasteiger charge is -2.05. The van der Waals surface area contributed by atoms with Crippen LogP contribution in [0.5, 0.6) is 0 Å². The van der Waals surface area contributed by atoms with Crippen LogP contribution in [-0.2, 0) is 19.2 Å². The number of anilines is 1. The van der Waals surface area contributed by atoms with Gasteiger partial charge in [-0.05, 0) is 34.4 Å². The number of pyridine rings is 3. The molecular formula is C36H31N6O6+. The number of benzene rings is 3. The summed E-state index contributed by atoms with van der Waals surface area (Å²) < 4.78 is 2.91. The fraction of sp³-hybridized carbons (Fsp3) is 0.0556. The van der Waals surface area contributed by atoms with Crippen molar-refractivity contribution in [2.24, 2.45) is 5.73 Å². The fourth-order valence-electron chi connectivity index (χ4n) is 4.42. The molecule has 12 heteroatoms. The van der Waals surface area contributed by atoms with Crippen LogP contribution in [0, 0.1) is 0 Å². The lowest BCUT2D eigenvalue weighted by molar-refractivity contribution is -0.903. The van der Waals surface area contributed by atoms with Crippen LogP contribution in [0.1, 0.15) is 12.8 Å². The second kappa shape index (κ2) is 17.0. The van der Waals surface area contributed by atoms with E-state index in [1.807, 2.05) is 102 Å². The first-order valence-electron chi connectivity index (χ1n) is 14.5. The predicted molar refractivity (Wildman–Crippen MR) is 181 cm³/mol. The molecule has 0 aliphatic rings. The molecular weight excluding hydrogens is 612 g/mol. The largest absolute Gasteiger partial charge is 0.369 e. The van der Waals surface area contributed by atoms with E-state index in [4.69, 9.17) is 5.21 Å². The van der Waals surface area contributed by atoms with Gasteiger partial charge in [0.25, 0.3) is 5.56 Å². The maximum absolute atomic E-state index is 11.3. The summed E-state index contributed by atoms with van der Waals surface area (Å²) in [6.07, 6.45) is 9.28. The van der Waals surface area contributed by atoms with Gasteiger partial charge in [-0.3, -0.25) is 19.6 Å². The average molecular weight is 644 g/mol. The molecule has 7 aromatic rings. The molecule has 4 heterocycles. The first-order chi connectivity index (χ1) is 23.3. The normalized spacial score (nSPS) is 10.0. The van der Waals surface area contributed by atoms with Crippen LogP contribution in [0.25, 0.3) is 38.0 Å². The molecule has 2 amide bonds. The zero-order valence-corrected chi connectivity index (χ0v) is 25.5. The van der Waals surface area contributed by atoms with Gasteiger partial charge in [-0.25, -0.2) is 4.98 Å². The third kappa shape index (κ3) is 9.59. The van der Waals surface area contributed by atoms with E-state index in [0.717, 1.165) is 37.0 Å². The zero-order valence-electron chi connectivity index (χ0n) is 25.5. The number of primary amides is 1. The van der Waals surface area contributed by atoms with Crippen LogP contribution in [0.4, 0.5) is 5.82 Å². The highest BCUT2D eigenvalue weighted by Gasteiger charge is 2.06. The van der Waals surface area contributed by atoms with Gasteiger partial charge in [-0.1, -0.05) is 66.7 Å². The molecule has 48 heavy (non-hydrogen) atoms.